The lowest BCUT2D eigenvalue weighted by Gasteiger charge is -2.17. The number of sulfonamides is 1. The number of halogens is 4. The van der Waals surface area contributed by atoms with Crippen molar-refractivity contribution < 1.29 is 36.2 Å². The largest absolute Gasteiger partial charge is 0.494 e. The minimum absolute atomic E-state index is 0.338. The van der Waals surface area contributed by atoms with Gasteiger partial charge in [-0.25, -0.2) is 13.2 Å². The summed E-state index contributed by atoms with van der Waals surface area (Å²) in [7, 11) is -3.69. The highest BCUT2D eigenvalue weighted by atomic mass is 35.5. The van der Waals surface area contributed by atoms with E-state index < -0.39 is 49.0 Å². The van der Waals surface area contributed by atoms with Crippen LogP contribution in [-0.2, 0) is 16.2 Å². The van der Waals surface area contributed by atoms with E-state index in [9.17, 15) is 31.5 Å². The van der Waals surface area contributed by atoms with E-state index >= 15 is 0 Å². The lowest BCUT2D eigenvalue weighted by Crippen LogP contribution is -2.18. The van der Waals surface area contributed by atoms with Gasteiger partial charge in [0.15, 0.2) is 5.75 Å². The van der Waals surface area contributed by atoms with Crippen LogP contribution in [0.15, 0.2) is 65.6 Å². The highest BCUT2D eigenvalue weighted by Gasteiger charge is 2.35. The summed E-state index contributed by atoms with van der Waals surface area (Å²) >= 11 is 5.83. The summed E-state index contributed by atoms with van der Waals surface area (Å²) in [5.74, 6) is -1.94. The second kappa shape index (κ2) is 8.71. The van der Waals surface area contributed by atoms with Gasteiger partial charge in [-0.1, -0.05) is 48.0 Å². The first-order chi connectivity index (χ1) is 14.9. The second-order valence-corrected chi connectivity index (χ2v) is 8.58. The molecule has 0 saturated heterocycles. The van der Waals surface area contributed by atoms with Gasteiger partial charge >= 0.3 is 12.1 Å². The predicted octanol–water partition coefficient (Wildman–Crippen LogP) is 5.53. The number of nitrogens with one attached hydrogen (secondary N) is 1. The van der Waals surface area contributed by atoms with E-state index in [0.717, 1.165) is 7.11 Å². The summed E-state index contributed by atoms with van der Waals surface area (Å²) in [4.78, 5) is 10.7. The molecular weight excluding hydrogens is 471 g/mol. The van der Waals surface area contributed by atoms with E-state index in [2.05, 4.69) is 4.72 Å². The number of carboxylic acid groups (broad SMARTS) is 1. The van der Waals surface area contributed by atoms with Gasteiger partial charge in [-0.2, -0.15) is 13.2 Å². The molecule has 0 atom stereocenters. The van der Waals surface area contributed by atoms with Crippen molar-refractivity contribution in [2.24, 2.45) is 0 Å². The number of carboxylic acids is 1. The Balaban J connectivity index is 2.16. The number of rotatable bonds is 6. The SMILES string of the molecule is COc1c(Cl)cc(C(F)(F)F)cc1S(=O)(=O)Nc1cc(-c2ccccc2)ccc1C(=O)O. The van der Waals surface area contributed by atoms with E-state index in [-0.39, 0.29) is 5.69 Å². The fourth-order valence-electron chi connectivity index (χ4n) is 2.95. The van der Waals surface area contributed by atoms with Gasteiger partial charge in [-0.3, -0.25) is 4.72 Å². The van der Waals surface area contributed by atoms with Gasteiger partial charge in [-0.05, 0) is 35.4 Å². The molecule has 0 heterocycles. The first kappa shape index (κ1) is 23.4. The molecule has 0 aliphatic rings. The van der Waals surface area contributed by atoms with Crippen LogP contribution in [0.25, 0.3) is 11.1 Å². The normalized spacial score (nSPS) is 11.8. The Bertz CT molecular complexity index is 1280. The molecule has 32 heavy (non-hydrogen) atoms. The molecule has 3 aromatic carbocycles. The fourth-order valence-corrected chi connectivity index (χ4v) is 4.60. The zero-order chi connectivity index (χ0) is 23.7. The van der Waals surface area contributed by atoms with Crippen molar-refractivity contribution in [2.45, 2.75) is 11.1 Å². The number of benzene rings is 3. The summed E-state index contributed by atoms with van der Waals surface area (Å²) in [5, 5.41) is 8.89. The lowest BCUT2D eigenvalue weighted by atomic mass is 10.0. The van der Waals surface area contributed by atoms with Crippen LogP contribution in [-0.4, -0.2) is 26.6 Å². The van der Waals surface area contributed by atoms with Crippen LogP contribution in [0.3, 0.4) is 0 Å². The number of methoxy groups -OCH3 is 1. The molecule has 3 rings (SSSR count). The maximum absolute atomic E-state index is 13.2. The standard InChI is InChI=1S/C21H15ClF3NO5S/c1-31-19-16(22)10-14(21(23,24)25)11-18(19)32(29,30)26-17-9-13(7-8-15(17)20(27)28)12-5-3-2-4-6-12/h2-11,26H,1H3,(H,27,28). The molecule has 3 aromatic rings. The van der Waals surface area contributed by atoms with Gasteiger partial charge < -0.3 is 9.84 Å². The molecule has 168 valence electrons. The monoisotopic (exact) mass is 485 g/mol. The molecular formula is C21H15ClF3NO5S. The van der Waals surface area contributed by atoms with E-state index in [1.54, 1.807) is 30.3 Å². The number of hydrogen-bond donors (Lipinski definition) is 2. The number of aromatic carboxylic acids is 1. The minimum Gasteiger partial charge on any atom is -0.494 e. The summed E-state index contributed by atoms with van der Waals surface area (Å²) in [6.07, 6.45) is -4.88. The Labute approximate surface area is 186 Å². The summed E-state index contributed by atoms with van der Waals surface area (Å²) in [6, 6.07) is 13.6. The minimum atomic E-state index is -4.88. The topological polar surface area (TPSA) is 92.7 Å². The van der Waals surface area contributed by atoms with Crippen LogP contribution in [0.5, 0.6) is 5.75 Å². The molecule has 0 amide bonds. The third kappa shape index (κ3) is 4.81. The molecule has 0 saturated carbocycles. The number of anilines is 1. The van der Waals surface area contributed by atoms with Gasteiger partial charge in [0.25, 0.3) is 10.0 Å². The molecule has 0 aliphatic carbocycles. The molecule has 11 heteroatoms. The smallest absolute Gasteiger partial charge is 0.416 e. The predicted molar refractivity (Wildman–Crippen MR) is 113 cm³/mol. The van der Waals surface area contributed by atoms with Crippen molar-refractivity contribution in [1.29, 1.82) is 0 Å². The molecule has 0 spiro atoms. The van der Waals surface area contributed by atoms with Crippen molar-refractivity contribution in [3.05, 3.63) is 76.8 Å². The molecule has 0 bridgehead atoms. The highest BCUT2D eigenvalue weighted by molar-refractivity contribution is 7.92. The average molecular weight is 486 g/mol. The summed E-state index contributed by atoms with van der Waals surface area (Å²) < 4.78 is 72.7. The van der Waals surface area contributed by atoms with Gasteiger partial charge in [0, 0.05) is 0 Å². The maximum Gasteiger partial charge on any atom is 0.416 e. The Morgan fingerprint density at radius 3 is 2.25 bits per heavy atom. The second-order valence-electron chi connectivity index (χ2n) is 6.52. The summed E-state index contributed by atoms with van der Waals surface area (Å²) in [6.45, 7) is 0. The van der Waals surface area contributed by atoms with E-state index in [1.165, 1.54) is 18.2 Å². The fraction of sp³-hybridized carbons (Fsp3) is 0.0952. The zero-order valence-corrected chi connectivity index (χ0v) is 17.8. The van der Waals surface area contributed by atoms with Crippen molar-refractivity contribution in [3.8, 4) is 16.9 Å². The average Bonchev–Trinajstić information content (AvgIpc) is 2.72. The van der Waals surface area contributed by atoms with Crippen molar-refractivity contribution >= 4 is 33.3 Å². The Morgan fingerprint density at radius 1 is 1.03 bits per heavy atom. The zero-order valence-electron chi connectivity index (χ0n) is 16.3. The first-order valence-electron chi connectivity index (χ1n) is 8.84. The summed E-state index contributed by atoms with van der Waals surface area (Å²) in [5.41, 5.74) is -0.883. The Kier molecular flexibility index (Phi) is 6.38. The van der Waals surface area contributed by atoms with E-state index in [4.69, 9.17) is 16.3 Å². The third-order valence-electron chi connectivity index (χ3n) is 4.43. The Morgan fingerprint density at radius 2 is 1.69 bits per heavy atom. The van der Waals surface area contributed by atoms with Crippen LogP contribution >= 0.6 is 11.6 Å². The van der Waals surface area contributed by atoms with Crippen LogP contribution in [0.1, 0.15) is 15.9 Å². The van der Waals surface area contributed by atoms with Crippen LogP contribution < -0.4 is 9.46 Å². The van der Waals surface area contributed by atoms with Crippen LogP contribution in [0.2, 0.25) is 5.02 Å². The number of hydrogen-bond acceptors (Lipinski definition) is 4. The van der Waals surface area contributed by atoms with E-state index in [0.29, 0.717) is 23.3 Å². The van der Waals surface area contributed by atoms with Crippen LogP contribution in [0.4, 0.5) is 18.9 Å². The lowest BCUT2D eigenvalue weighted by molar-refractivity contribution is -0.137. The van der Waals surface area contributed by atoms with Crippen molar-refractivity contribution in [2.75, 3.05) is 11.8 Å². The quantitative estimate of drug-likeness (QED) is 0.478. The molecule has 6 nitrogen and oxygen atoms in total. The molecule has 0 aromatic heterocycles. The van der Waals surface area contributed by atoms with E-state index in [1.807, 2.05) is 0 Å². The molecule has 0 fully saturated rings. The van der Waals surface area contributed by atoms with Gasteiger partial charge in [0.2, 0.25) is 0 Å². The van der Waals surface area contributed by atoms with Crippen LogP contribution in [0, 0.1) is 0 Å². The van der Waals surface area contributed by atoms with Gasteiger partial charge in [-0.15, -0.1) is 0 Å². The molecule has 2 N–H and O–H groups in total. The van der Waals surface area contributed by atoms with Crippen molar-refractivity contribution in [1.82, 2.24) is 0 Å². The third-order valence-corrected chi connectivity index (χ3v) is 6.08. The van der Waals surface area contributed by atoms with Gasteiger partial charge in [0.05, 0.1) is 28.9 Å². The number of ether oxygens (including phenoxy) is 1. The maximum atomic E-state index is 13.2. The molecule has 0 radical (unpaired) electrons. The highest BCUT2D eigenvalue weighted by Crippen LogP contribution is 2.40. The Hall–Kier alpha value is -3.24. The first-order valence-corrected chi connectivity index (χ1v) is 10.7. The number of alkyl halides is 3. The molecule has 0 unspecified atom stereocenters. The van der Waals surface area contributed by atoms with Crippen molar-refractivity contribution in [3.63, 3.8) is 0 Å². The number of carbonyl (C=O) groups is 1. The van der Waals surface area contributed by atoms with Gasteiger partial charge in [0.1, 0.15) is 4.90 Å². The molecule has 0 aliphatic heterocycles.